The first kappa shape index (κ1) is 12.1. The number of carbonyl (C=O) groups excluding carboxylic acids is 1. The van der Waals surface area contributed by atoms with Crippen molar-refractivity contribution in [2.75, 3.05) is 6.54 Å². The minimum atomic E-state index is 0.225. The van der Waals surface area contributed by atoms with Crippen molar-refractivity contribution >= 4 is 5.91 Å². The number of hydrogen-bond donors (Lipinski definition) is 1. The fraction of sp³-hybridized carbons (Fsp3) is 0.692. The van der Waals surface area contributed by atoms with E-state index in [4.69, 9.17) is 0 Å². The van der Waals surface area contributed by atoms with Gasteiger partial charge < -0.3 is 4.90 Å². The molecule has 1 aliphatic rings. The van der Waals surface area contributed by atoms with Crippen LogP contribution in [-0.2, 0) is 11.2 Å². The van der Waals surface area contributed by atoms with Crippen LogP contribution < -0.4 is 0 Å². The molecule has 0 aromatic carbocycles. The lowest BCUT2D eigenvalue weighted by atomic mass is 9.99. The Hall–Kier alpha value is -1.32. The molecule has 1 atom stereocenters. The third kappa shape index (κ3) is 2.87. The first-order valence-electron chi connectivity index (χ1n) is 6.51. The van der Waals surface area contributed by atoms with Crippen LogP contribution in [0.4, 0.5) is 0 Å². The summed E-state index contributed by atoms with van der Waals surface area (Å²) in [5.41, 5.74) is 1.87. The molecule has 0 saturated carbocycles. The van der Waals surface area contributed by atoms with E-state index in [9.17, 15) is 4.79 Å². The quantitative estimate of drug-likeness (QED) is 0.871. The Morgan fingerprint density at radius 2 is 2.41 bits per heavy atom. The van der Waals surface area contributed by atoms with Gasteiger partial charge in [-0.3, -0.25) is 9.89 Å². The standard InChI is InChI=1S/C13H21N3O/c1-3-12-6-4-5-7-16(12)13(17)9-11-8-10(2)14-15-11/h8,12H,3-7,9H2,1-2H3,(H,14,15). The highest BCUT2D eigenvalue weighted by Crippen LogP contribution is 2.20. The highest BCUT2D eigenvalue weighted by molar-refractivity contribution is 5.78. The van der Waals surface area contributed by atoms with E-state index in [2.05, 4.69) is 17.1 Å². The molecule has 1 saturated heterocycles. The SMILES string of the molecule is CCC1CCCCN1C(=O)Cc1cc(C)[nH]n1. The molecule has 1 fully saturated rings. The van der Waals surface area contributed by atoms with Crippen molar-refractivity contribution in [3.63, 3.8) is 0 Å². The summed E-state index contributed by atoms with van der Waals surface area (Å²) in [5, 5.41) is 7.01. The fourth-order valence-corrected chi connectivity index (χ4v) is 2.57. The molecule has 0 bridgehead atoms. The Morgan fingerprint density at radius 1 is 1.59 bits per heavy atom. The number of H-pyrrole nitrogens is 1. The number of nitrogens with one attached hydrogen (secondary N) is 1. The molecule has 1 aromatic rings. The lowest BCUT2D eigenvalue weighted by Gasteiger charge is -2.35. The first-order valence-corrected chi connectivity index (χ1v) is 6.51. The number of hydrogen-bond acceptors (Lipinski definition) is 2. The van der Waals surface area contributed by atoms with E-state index >= 15 is 0 Å². The van der Waals surface area contributed by atoms with Gasteiger partial charge in [0, 0.05) is 18.3 Å². The number of amides is 1. The number of aryl methyl sites for hydroxylation is 1. The summed E-state index contributed by atoms with van der Waals surface area (Å²) in [7, 11) is 0. The Bertz CT molecular complexity index is 386. The van der Waals surface area contributed by atoms with Crippen LogP contribution in [0.15, 0.2) is 6.07 Å². The minimum Gasteiger partial charge on any atom is -0.339 e. The summed E-state index contributed by atoms with van der Waals surface area (Å²) in [6, 6.07) is 2.39. The molecule has 1 aliphatic heterocycles. The Labute approximate surface area is 102 Å². The van der Waals surface area contributed by atoms with Gasteiger partial charge >= 0.3 is 0 Å². The topological polar surface area (TPSA) is 49.0 Å². The average molecular weight is 235 g/mol. The predicted octanol–water partition coefficient (Wildman–Crippen LogP) is 2.05. The normalized spacial score (nSPS) is 20.6. The van der Waals surface area contributed by atoms with Crippen molar-refractivity contribution in [3.8, 4) is 0 Å². The molecule has 1 amide bonds. The molecule has 2 rings (SSSR count). The van der Waals surface area contributed by atoms with Crippen LogP contribution in [-0.4, -0.2) is 33.6 Å². The van der Waals surface area contributed by atoms with E-state index < -0.39 is 0 Å². The largest absolute Gasteiger partial charge is 0.339 e. The van der Waals surface area contributed by atoms with E-state index in [0.717, 1.165) is 37.2 Å². The maximum absolute atomic E-state index is 12.2. The van der Waals surface area contributed by atoms with E-state index in [-0.39, 0.29) is 5.91 Å². The number of nitrogens with zero attached hydrogens (tertiary/aromatic N) is 2. The third-order valence-electron chi connectivity index (χ3n) is 3.51. The number of aromatic amines is 1. The summed E-state index contributed by atoms with van der Waals surface area (Å²) in [6.45, 7) is 5.03. The summed E-state index contributed by atoms with van der Waals surface area (Å²) in [4.78, 5) is 14.3. The van der Waals surface area contributed by atoms with Crippen LogP contribution in [0.3, 0.4) is 0 Å². The molecule has 0 spiro atoms. The molecule has 0 aliphatic carbocycles. The molecular formula is C13H21N3O. The maximum Gasteiger partial charge on any atom is 0.228 e. The zero-order valence-corrected chi connectivity index (χ0v) is 10.7. The second-order valence-electron chi connectivity index (χ2n) is 4.86. The lowest BCUT2D eigenvalue weighted by Crippen LogP contribution is -2.44. The van der Waals surface area contributed by atoms with Crippen molar-refractivity contribution in [2.24, 2.45) is 0 Å². The van der Waals surface area contributed by atoms with E-state index in [1.165, 1.54) is 6.42 Å². The van der Waals surface area contributed by atoms with Crippen molar-refractivity contribution in [3.05, 3.63) is 17.5 Å². The zero-order valence-electron chi connectivity index (χ0n) is 10.7. The van der Waals surface area contributed by atoms with Crippen LogP contribution in [0, 0.1) is 6.92 Å². The second-order valence-corrected chi connectivity index (χ2v) is 4.86. The van der Waals surface area contributed by atoms with Crippen molar-refractivity contribution in [1.29, 1.82) is 0 Å². The fourth-order valence-electron chi connectivity index (χ4n) is 2.57. The van der Waals surface area contributed by atoms with Gasteiger partial charge in [0.1, 0.15) is 0 Å². The van der Waals surface area contributed by atoms with E-state index in [1.807, 2.05) is 17.9 Å². The van der Waals surface area contributed by atoms with Gasteiger partial charge in [-0.1, -0.05) is 6.92 Å². The summed E-state index contributed by atoms with van der Waals surface area (Å²) in [5.74, 6) is 0.225. The highest BCUT2D eigenvalue weighted by Gasteiger charge is 2.25. The molecule has 4 heteroatoms. The second kappa shape index (κ2) is 5.34. The van der Waals surface area contributed by atoms with Crippen molar-refractivity contribution in [1.82, 2.24) is 15.1 Å². The Morgan fingerprint density at radius 3 is 3.06 bits per heavy atom. The van der Waals surface area contributed by atoms with Gasteiger partial charge in [-0.05, 0) is 38.7 Å². The molecule has 17 heavy (non-hydrogen) atoms. The van der Waals surface area contributed by atoms with Gasteiger partial charge in [-0.25, -0.2) is 0 Å². The monoisotopic (exact) mass is 235 g/mol. The van der Waals surface area contributed by atoms with Gasteiger partial charge in [-0.2, -0.15) is 5.10 Å². The van der Waals surface area contributed by atoms with Crippen molar-refractivity contribution in [2.45, 2.75) is 52.0 Å². The van der Waals surface area contributed by atoms with Crippen molar-refractivity contribution < 1.29 is 4.79 Å². The van der Waals surface area contributed by atoms with E-state index in [0.29, 0.717) is 12.5 Å². The van der Waals surface area contributed by atoms with Gasteiger partial charge in [0.2, 0.25) is 5.91 Å². The molecule has 1 unspecified atom stereocenters. The predicted molar refractivity (Wildman–Crippen MR) is 66.7 cm³/mol. The number of aromatic nitrogens is 2. The first-order chi connectivity index (χ1) is 8.20. The zero-order chi connectivity index (χ0) is 12.3. The Balaban J connectivity index is 1.98. The van der Waals surface area contributed by atoms with Crippen LogP contribution in [0.2, 0.25) is 0 Å². The maximum atomic E-state index is 12.2. The van der Waals surface area contributed by atoms with Crippen LogP contribution in [0.5, 0.6) is 0 Å². The smallest absolute Gasteiger partial charge is 0.228 e. The molecule has 1 aromatic heterocycles. The van der Waals surface area contributed by atoms with Crippen LogP contribution >= 0.6 is 0 Å². The van der Waals surface area contributed by atoms with E-state index in [1.54, 1.807) is 0 Å². The number of likely N-dealkylation sites (tertiary alicyclic amines) is 1. The minimum absolute atomic E-state index is 0.225. The summed E-state index contributed by atoms with van der Waals surface area (Å²) < 4.78 is 0. The molecule has 4 nitrogen and oxygen atoms in total. The Kier molecular flexibility index (Phi) is 3.82. The number of carbonyl (C=O) groups is 1. The molecule has 94 valence electrons. The van der Waals surface area contributed by atoms with Gasteiger partial charge in [0.25, 0.3) is 0 Å². The summed E-state index contributed by atoms with van der Waals surface area (Å²) in [6.07, 6.45) is 5.04. The molecular weight excluding hydrogens is 214 g/mol. The van der Waals surface area contributed by atoms with Gasteiger partial charge in [0.05, 0.1) is 12.1 Å². The van der Waals surface area contributed by atoms with Gasteiger partial charge in [-0.15, -0.1) is 0 Å². The van der Waals surface area contributed by atoms with Crippen LogP contribution in [0.25, 0.3) is 0 Å². The molecule has 2 heterocycles. The number of piperidine rings is 1. The lowest BCUT2D eigenvalue weighted by molar-refractivity contribution is -0.134. The summed E-state index contributed by atoms with van der Waals surface area (Å²) >= 11 is 0. The highest BCUT2D eigenvalue weighted by atomic mass is 16.2. The van der Waals surface area contributed by atoms with Crippen LogP contribution in [0.1, 0.15) is 44.0 Å². The molecule has 0 radical (unpaired) electrons. The molecule has 1 N–H and O–H groups in total. The third-order valence-corrected chi connectivity index (χ3v) is 3.51. The number of rotatable bonds is 3. The van der Waals surface area contributed by atoms with Gasteiger partial charge in [0.15, 0.2) is 0 Å². The average Bonchev–Trinajstić information content (AvgIpc) is 2.74.